The molecule has 0 saturated carbocycles. The highest BCUT2D eigenvalue weighted by atomic mass is 16.4. The molecule has 1 rings (SSSR count). The molecule has 0 atom stereocenters. The second-order valence-electron chi connectivity index (χ2n) is 5.67. The van der Waals surface area contributed by atoms with Gasteiger partial charge in [0.25, 0.3) is 6.01 Å². The first-order valence-corrected chi connectivity index (χ1v) is 6.84. The van der Waals surface area contributed by atoms with E-state index in [1.807, 2.05) is 4.90 Å². The van der Waals surface area contributed by atoms with E-state index in [-0.39, 0.29) is 5.69 Å². The molecule has 1 aromatic heterocycles. The molecule has 0 bridgehead atoms. The highest BCUT2D eigenvalue weighted by Crippen LogP contribution is 2.17. The Balaban J connectivity index is 2.72. The molecular formula is C14H24N2O3. The fourth-order valence-corrected chi connectivity index (χ4v) is 1.64. The van der Waals surface area contributed by atoms with Crippen molar-refractivity contribution in [3.63, 3.8) is 0 Å². The fourth-order valence-electron chi connectivity index (χ4n) is 1.64. The molecule has 0 aliphatic carbocycles. The van der Waals surface area contributed by atoms with E-state index in [1.54, 1.807) is 0 Å². The molecule has 0 spiro atoms. The molecule has 0 aromatic carbocycles. The third-order valence-corrected chi connectivity index (χ3v) is 2.93. The molecule has 0 aliphatic rings. The molecular weight excluding hydrogens is 244 g/mol. The van der Waals surface area contributed by atoms with Crippen LogP contribution in [-0.4, -0.2) is 29.1 Å². The minimum absolute atomic E-state index is 0.0332. The summed E-state index contributed by atoms with van der Waals surface area (Å²) in [4.78, 5) is 16.9. The van der Waals surface area contributed by atoms with Gasteiger partial charge < -0.3 is 14.4 Å². The molecule has 108 valence electrons. The zero-order valence-corrected chi connectivity index (χ0v) is 12.2. The van der Waals surface area contributed by atoms with Crippen molar-refractivity contribution in [1.82, 2.24) is 4.98 Å². The zero-order chi connectivity index (χ0) is 14.4. The summed E-state index contributed by atoms with van der Waals surface area (Å²) in [5.41, 5.74) is -0.0332. The van der Waals surface area contributed by atoms with Gasteiger partial charge in [0.15, 0.2) is 5.69 Å². The van der Waals surface area contributed by atoms with Crippen molar-refractivity contribution in [3.05, 3.63) is 12.0 Å². The van der Waals surface area contributed by atoms with Gasteiger partial charge in [0, 0.05) is 13.1 Å². The maximum atomic E-state index is 10.8. The van der Waals surface area contributed by atoms with Crippen LogP contribution in [-0.2, 0) is 0 Å². The van der Waals surface area contributed by atoms with Gasteiger partial charge >= 0.3 is 5.97 Å². The van der Waals surface area contributed by atoms with E-state index in [9.17, 15) is 4.79 Å². The third-order valence-electron chi connectivity index (χ3n) is 2.93. The maximum absolute atomic E-state index is 10.8. The number of rotatable bonds is 8. The van der Waals surface area contributed by atoms with Crippen molar-refractivity contribution >= 4 is 12.0 Å². The molecule has 1 heterocycles. The van der Waals surface area contributed by atoms with E-state index in [4.69, 9.17) is 9.52 Å². The van der Waals surface area contributed by atoms with Crippen molar-refractivity contribution in [2.24, 2.45) is 11.8 Å². The van der Waals surface area contributed by atoms with Gasteiger partial charge in [-0.1, -0.05) is 27.7 Å². The first-order valence-electron chi connectivity index (χ1n) is 6.84. The average molecular weight is 268 g/mol. The summed E-state index contributed by atoms with van der Waals surface area (Å²) in [5, 5.41) is 8.88. The lowest BCUT2D eigenvalue weighted by atomic mass is 10.1. The van der Waals surface area contributed by atoms with Gasteiger partial charge in [0.1, 0.15) is 6.26 Å². The minimum atomic E-state index is -1.05. The van der Waals surface area contributed by atoms with Crippen LogP contribution >= 0.6 is 0 Å². The molecule has 0 saturated heterocycles. The number of aromatic nitrogens is 1. The van der Waals surface area contributed by atoms with Gasteiger partial charge in [-0.05, 0) is 24.7 Å². The van der Waals surface area contributed by atoms with Gasteiger partial charge in [-0.15, -0.1) is 0 Å². The maximum Gasteiger partial charge on any atom is 0.357 e. The molecule has 19 heavy (non-hydrogen) atoms. The monoisotopic (exact) mass is 268 g/mol. The Labute approximate surface area is 114 Å². The molecule has 1 aromatic rings. The second-order valence-corrected chi connectivity index (χ2v) is 5.67. The van der Waals surface area contributed by atoms with Crippen LogP contribution in [0.2, 0.25) is 0 Å². The number of carboxylic acid groups (broad SMARTS) is 1. The van der Waals surface area contributed by atoms with Crippen LogP contribution in [0.5, 0.6) is 0 Å². The standard InChI is InChI=1S/C14H24N2O3/c1-10(2)5-7-16(8-6-11(3)4)14-15-12(9-19-14)13(17)18/h9-11H,5-8H2,1-4H3,(H,17,18). The Morgan fingerprint density at radius 1 is 1.26 bits per heavy atom. The molecule has 0 unspecified atom stereocenters. The molecule has 0 amide bonds. The highest BCUT2D eigenvalue weighted by molar-refractivity contribution is 5.85. The number of carboxylic acids is 1. The van der Waals surface area contributed by atoms with Crippen molar-refractivity contribution in [1.29, 1.82) is 0 Å². The lowest BCUT2D eigenvalue weighted by Gasteiger charge is -2.22. The van der Waals surface area contributed by atoms with Crippen LogP contribution in [0.4, 0.5) is 6.01 Å². The number of aromatic carboxylic acids is 1. The largest absolute Gasteiger partial charge is 0.476 e. The number of hydrogen-bond acceptors (Lipinski definition) is 4. The van der Waals surface area contributed by atoms with E-state index >= 15 is 0 Å². The summed E-state index contributed by atoms with van der Waals surface area (Å²) < 4.78 is 5.29. The number of nitrogens with zero attached hydrogens (tertiary/aromatic N) is 2. The molecule has 5 nitrogen and oxygen atoms in total. The van der Waals surface area contributed by atoms with E-state index in [0.717, 1.165) is 25.9 Å². The number of hydrogen-bond donors (Lipinski definition) is 1. The molecule has 0 aliphatic heterocycles. The van der Waals surface area contributed by atoms with Gasteiger partial charge in [-0.3, -0.25) is 0 Å². The first-order chi connectivity index (χ1) is 8.90. The lowest BCUT2D eigenvalue weighted by Crippen LogP contribution is -2.28. The average Bonchev–Trinajstić information content (AvgIpc) is 2.77. The molecule has 5 heteroatoms. The van der Waals surface area contributed by atoms with Crippen molar-refractivity contribution < 1.29 is 14.3 Å². The van der Waals surface area contributed by atoms with Crippen LogP contribution in [0.25, 0.3) is 0 Å². The summed E-state index contributed by atoms with van der Waals surface area (Å²) in [6.07, 6.45) is 3.27. The predicted molar refractivity (Wildman–Crippen MR) is 74.6 cm³/mol. The third kappa shape index (κ3) is 5.32. The summed E-state index contributed by atoms with van der Waals surface area (Å²) in [6, 6.07) is 0.415. The van der Waals surface area contributed by atoms with Crippen LogP contribution < -0.4 is 4.90 Å². The van der Waals surface area contributed by atoms with E-state index in [1.165, 1.54) is 6.26 Å². The van der Waals surface area contributed by atoms with E-state index in [0.29, 0.717) is 17.9 Å². The summed E-state index contributed by atoms with van der Waals surface area (Å²) in [5.74, 6) is 0.133. The van der Waals surface area contributed by atoms with Crippen molar-refractivity contribution in [2.75, 3.05) is 18.0 Å². The quantitative estimate of drug-likeness (QED) is 0.783. The molecule has 0 fully saturated rings. The highest BCUT2D eigenvalue weighted by Gasteiger charge is 2.16. The smallest absolute Gasteiger partial charge is 0.357 e. The first kappa shape index (κ1) is 15.5. The Morgan fingerprint density at radius 3 is 2.16 bits per heavy atom. The van der Waals surface area contributed by atoms with E-state index in [2.05, 4.69) is 32.7 Å². The molecule has 1 N–H and O–H groups in total. The van der Waals surface area contributed by atoms with Crippen LogP contribution in [0.3, 0.4) is 0 Å². The van der Waals surface area contributed by atoms with Crippen molar-refractivity contribution in [3.8, 4) is 0 Å². The molecule has 0 radical (unpaired) electrons. The van der Waals surface area contributed by atoms with Gasteiger partial charge in [-0.25, -0.2) is 4.79 Å². The fraction of sp³-hybridized carbons (Fsp3) is 0.714. The van der Waals surface area contributed by atoms with Gasteiger partial charge in [0.2, 0.25) is 0 Å². The minimum Gasteiger partial charge on any atom is -0.476 e. The number of oxazole rings is 1. The predicted octanol–water partition coefficient (Wildman–Crippen LogP) is 3.27. The second kappa shape index (κ2) is 7.16. The van der Waals surface area contributed by atoms with Crippen LogP contribution in [0.1, 0.15) is 51.0 Å². The van der Waals surface area contributed by atoms with Crippen LogP contribution in [0, 0.1) is 11.8 Å². The Bertz CT molecular complexity index is 387. The van der Waals surface area contributed by atoms with E-state index < -0.39 is 5.97 Å². The number of carbonyl (C=O) groups is 1. The Morgan fingerprint density at radius 2 is 1.79 bits per heavy atom. The van der Waals surface area contributed by atoms with Gasteiger partial charge in [-0.2, -0.15) is 4.98 Å². The van der Waals surface area contributed by atoms with Gasteiger partial charge in [0.05, 0.1) is 0 Å². The zero-order valence-electron chi connectivity index (χ0n) is 12.2. The summed E-state index contributed by atoms with van der Waals surface area (Å²) in [6.45, 7) is 10.3. The van der Waals surface area contributed by atoms with Crippen molar-refractivity contribution in [2.45, 2.75) is 40.5 Å². The topological polar surface area (TPSA) is 66.6 Å². The Hall–Kier alpha value is -1.52. The number of anilines is 1. The SMILES string of the molecule is CC(C)CCN(CCC(C)C)c1nc(C(=O)O)co1. The normalized spacial score (nSPS) is 11.3. The summed E-state index contributed by atoms with van der Waals surface area (Å²) >= 11 is 0. The Kier molecular flexibility index (Phi) is 5.86. The lowest BCUT2D eigenvalue weighted by molar-refractivity contribution is 0.0690. The van der Waals surface area contributed by atoms with Crippen LogP contribution in [0.15, 0.2) is 10.7 Å². The summed E-state index contributed by atoms with van der Waals surface area (Å²) in [7, 11) is 0.